The molecule has 1 heteroatoms. The number of hydrogen-bond donors (Lipinski definition) is 0. The summed E-state index contributed by atoms with van der Waals surface area (Å²) in [7, 11) is 0. The molecule has 0 amide bonds. The van der Waals surface area contributed by atoms with E-state index in [0.717, 1.165) is 98.4 Å². The van der Waals surface area contributed by atoms with E-state index in [1.165, 1.54) is 28.7 Å². The van der Waals surface area contributed by atoms with Crippen LogP contribution in [0.5, 0.6) is 0 Å². The maximum Gasteiger partial charge on any atom is 0.0629 e. The topological polar surface area (TPSA) is 3.24 Å². The fourth-order valence-electron chi connectivity index (χ4n) is 15.2. The summed E-state index contributed by atoms with van der Waals surface area (Å²) in [5, 5.41) is 0. The first kappa shape index (κ1) is 34.4. The lowest BCUT2D eigenvalue weighted by Gasteiger charge is -2.61. The molecule has 10 aromatic carbocycles. The molecule has 1 spiro atoms. The Morgan fingerprint density at radius 1 is 0.365 bits per heavy atom. The van der Waals surface area contributed by atoms with Crippen LogP contribution in [0.4, 0.5) is 17.1 Å². The summed E-state index contributed by atoms with van der Waals surface area (Å²) in [4.78, 5) is 2.32. The Balaban J connectivity index is 1.01. The highest BCUT2D eigenvalue weighted by Crippen LogP contribution is 2.72. The molecule has 0 unspecified atom stereocenters. The number of rotatable bonds is 8. The van der Waals surface area contributed by atoms with E-state index in [0.29, 0.717) is 23.0 Å². The van der Waals surface area contributed by atoms with Crippen molar-refractivity contribution in [2.75, 3.05) is 4.90 Å². The van der Waals surface area contributed by atoms with E-state index < -0.39 is 47.1 Å². The number of benzene rings is 10. The fraction of sp³-hybridized carbons (Fsp3) is 0.178. The van der Waals surface area contributed by atoms with Crippen molar-refractivity contribution in [2.45, 2.75) is 56.8 Å². The first-order valence-electron chi connectivity index (χ1n) is 31.4. The lowest BCUT2D eigenvalue weighted by Crippen LogP contribution is -2.55. The average molecular weight is 960 g/mol. The Hall–Kier alpha value is -8.00. The molecule has 356 valence electrons. The maximum absolute atomic E-state index is 9.62. The van der Waals surface area contributed by atoms with Crippen molar-refractivity contribution < 1.29 is 13.7 Å². The first-order valence-corrected chi connectivity index (χ1v) is 26.4. The molecule has 0 N–H and O–H groups in total. The van der Waals surface area contributed by atoms with Crippen LogP contribution in [0.3, 0.4) is 0 Å². The molecule has 4 fully saturated rings. The van der Waals surface area contributed by atoms with Crippen molar-refractivity contribution in [1.29, 1.82) is 0 Å². The van der Waals surface area contributed by atoms with Gasteiger partial charge in [-0.1, -0.05) is 190 Å². The quantitative estimate of drug-likeness (QED) is 0.147. The zero-order chi connectivity index (χ0) is 57.8. The molecule has 6 aliphatic carbocycles. The van der Waals surface area contributed by atoms with Gasteiger partial charge in [-0.05, 0) is 217 Å². The third-order valence-electron chi connectivity index (χ3n) is 18.0. The van der Waals surface area contributed by atoms with Crippen LogP contribution >= 0.6 is 0 Å². The summed E-state index contributed by atoms with van der Waals surface area (Å²) >= 11 is 0. The monoisotopic (exact) mass is 960 g/mol. The molecule has 0 heterocycles. The number of nitrogens with zero attached hydrogens (tertiary/aromatic N) is 1. The summed E-state index contributed by atoms with van der Waals surface area (Å²) in [5.41, 5.74) is 18.0. The number of fused-ring (bicyclic) bond motifs is 6. The van der Waals surface area contributed by atoms with Crippen LogP contribution < -0.4 is 4.90 Å². The van der Waals surface area contributed by atoms with Crippen LogP contribution in [0.15, 0.2) is 236 Å². The molecule has 10 aromatic rings. The van der Waals surface area contributed by atoms with Gasteiger partial charge in [0.15, 0.2) is 0 Å². The highest BCUT2D eigenvalue weighted by Gasteiger charge is 2.63. The number of hydrogen-bond acceptors (Lipinski definition) is 1. The van der Waals surface area contributed by atoms with Crippen LogP contribution in [-0.4, -0.2) is 0 Å². The lowest BCUT2D eigenvalue weighted by atomic mass is 9.42. The van der Waals surface area contributed by atoms with Crippen LogP contribution in [0.25, 0.3) is 77.9 Å². The molecular weight excluding hydrogens is 891 g/mol. The third-order valence-corrected chi connectivity index (χ3v) is 18.0. The van der Waals surface area contributed by atoms with E-state index in [4.69, 9.17) is 8.22 Å². The third kappa shape index (κ3) is 6.55. The van der Waals surface area contributed by atoms with Gasteiger partial charge in [0.05, 0.1) is 13.7 Å². The summed E-state index contributed by atoms with van der Waals surface area (Å²) < 4.78 is 91.3. The van der Waals surface area contributed by atoms with Crippen molar-refractivity contribution in [3.63, 3.8) is 0 Å². The molecule has 6 aliphatic rings. The van der Waals surface area contributed by atoms with E-state index in [-0.39, 0.29) is 47.1 Å². The molecule has 0 radical (unpaired) electrons. The van der Waals surface area contributed by atoms with Crippen molar-refractivity contribution in [3.8, 4) is 77.9 Å². The first-order chi connectivity index (χ1) is 40.6. The van der Waals surface area contributed by atoms with Crippen molar-refractivity contribution in [2.24, 2.45) is 23.7 Å². The molecule has 4 saturated carbocycles. The molecule has 74 heavy (non-hydrogen) atoms. The van der Waals surface area contributed by atoms with Gasteiger partial charge >= 0.3 is 0 Å². The van der Waals surface area contributed by atoms with Crippen LogP contribution in [0.2, 0.25) is 0 Å². The summed E-state index contributed by atoms with van der Waals surface area (Å²) in [5.74, 6) is 1.38. The molecule has 4 bridgehead atoms. The van der Waals surface area contributed by atoms with Gasteiger partial charge in [-0.25, -0.2) is 0 Å². The van der Waals surface area contributed by atoms with Gasteiger partial charge in [0.2, 0.25) is 0 Å². The maximum atomic E-state index is 9.62. The second kappa shape index (κ2) is 16.8. The van der Waals surface area contributed by atoms with Gasteiger partial charge in [-0.3, -0.25) is 0 Å². The highest BCUT2D eigenvalue weighted by atomic mass is 15.1. The highest BCUT2D eigenvalue weighted by molar-refractivity contribution is 6.03. The molecule has 0 aliphatic heterocycles. The van der Waals surface area contributed by atoms with Gasteiger partial charge in [-0.15, -0.1) is 0 Å². The Kier molecular flexibility index (Phi) is 7.80. The summed E-state index contributed by atoms with van der Waals surface area (Å²) in [6.07, 6.45) is 5.14. The zero-order valence-electron chi connectivity index (χ0n) is 51.5. The van der Waals surface area contributed by atoms with Gasteiger partial charge in [0, 0.05) is 27.9 Å². The average Bonchev–Trinajstić information content (AvgIpc) is 1.47. The Labute approximate surface area is 450 Å². The minimum Gasteiger partial charge on any atom is -0.310 e. The molecule has 1 nitrogen and oxygen atoms in total. The normalized spacial score (nSPS) is 22.9. The van der Waals surface area contributed by atoms with Crippen molar-refractivity contribution in [3.05, 3.63) is 259 Å². The van der Waals surface area contributed by atoms with Crippen molar-refractivity contribution in [1.82, 2.24) is 0 Å². The van der Waals surface area contributed by atoms with Crippen LogP contribution in [0, 0.1) is 23.7 Å². The minimum atomic E-state index is -0.677. The lowest BCUT2D eigenvalue weighted by molar-refractivity contribution is -0.0396. The second-order valence-corrected chi connectivity index (χ2v) is 22.1. The van der Waals surface area contributed by atoms with Gasteiger partial charge in [0.25, 0.3) is 0 Å². The van der Waals surface area contributed by atoms with Crippen LogP contribution in [-0.2, 0) is 10.8 Å². The number of para-hydroxylation sites is 2. The minimum absolute atomic E-state index is 0.0190. The number of anilines is 3. The predicted molar refractivity (Wildman–Crippen MR) is 309 cm³/mol. The summed E-state index contributed by atoms with van der Waals surface area (Å²) in [6, 6.07) is 58.2. The Morgan fingerprint density at radius 3 is 1.57 bits per heavy atom. The van der Waals surface area contributed by atoms with E-state index in [9.17, 15) is 5.48 Å². The van der Waals surface area contributed by atoms with Gasteiger partial charge < -0.3 is 4.90 Å². The molecule has 16 rings (SSSR count). The van der Waals surface area contributed by atoms with Crippen LogP contribution in [0.1, 0.15) is 81.9 Å². The predicted octanol–water partition coefficient (Wildman–Crippen LogP) is 19.5. The van der Waals surface area contributed by atoms with E-state index >= 15 is 0 Å². The molecule has 0 atom stereocenters. The van der Waals surface area contributed by atoms with E-state index in [1.54, 1.807) is 6.07 Å². The standard InChI is InChI=1S/C73H59N/c1-72(2)66-44-53(31-33-62(66)63-34-32-60(46-67(63)72)74(58-27-14-6-15-28-58)59-29-16-7-17-30-59)61-35-36-64-70-65(51-23-12-5-13-24-51)43-55(50-21-10-4-11-22-50)45-68(70)73(56-38-47-37-48(40-56)41-57(73)39-47)71(64)69(61)54-26-18-25-52(42-54)49-19-8-3-9-20-49/h3-36,42-48,56-57H,37-41H2,1-2H3/i4D,5D,10D,11D,12D,13D,21D,22D,23D,24D. The Bertz CT molecular complexity index is 4290. The van der Waals surface area contributed by atoms with E-state index in [2.05, 4.69) is 170 Å². The van der Waals surface area contributed by atoms with Crippen molar-refractivity contribution >= 4 is 17.1 Å². The van der Waals surface area contributed by atoms with Gasteiger partial charge in [0.1, 0.15) is 0 Å². The molecule has 0 saturated heterocycles. The smallest absolute Gasteiger partial charge is 0.0629 e. The largest absolute Gasteiger partial charge is 0.310 e. The van der Waals surface area contributed by atoms with E-state index in [1.807, 2.05) is 18.2 Å². The zero-order valence-corrected chi connectivity index (χ0v) is 41.5. The summed E-state index contributed by atoms with van der Waals surface area (Å²) in [6.45, 7) is 4.67. The molecular formula is C73H59N. The second-order valence-electron chi connectivity index (χ2n) is 22.1. The Morgan fingerprint density at radius 2 is 0.905 bits per heavy atom. The van der Waals surface area contributed by atoms with Gasteiger partial charge in [-0.2, -0.15) is 0 Å². The fourth-order valence-corrected chi connectivity index (χ4v) is 15.2. The molecule has 0 aromatic heterocycles. The SMILES string of the molecule is [2H]c1c([2H])c([2H])c(-c2cc(-c3c([2H])c([2H])c([2H])c([2H])c3[2H])c3c(c2)C2(c4c-3ccc(-c3ccc5c(c3)C(C)(C)c3cc(N(c6ccccc6)c6ccccc6)ccc3-5)c4-c3cccc(-c4ccccc4)c3)C3CC4CC(C3)CC2C4)c([2H])c1[2H].